The number of fused-ring (bicyclic) bond motifs is 1. The van der Waals surface area contributed by atoms with E-state index in [0.29, 0.717) is 17.7 Å². The van der Waals surface area contributed by atoms with Crippen LogP contribution in [-0.2, 0) is 20.9 Å². The van der Waals surface area contributed by atoms with Gasteiger partial charge in [0.25, 0.3) is 5.91 Å². The van der Waals surface area contributed by atoms with Gasteiger partial charge in [0.1, 0.15) is 18.9 Å². The van der Waals surface area contributed by atoms with Gasteiger partial charge in [0.05, 0.1) is 5.57 Å². The van der Waals surface area contributed by atoms with Gasteiger partial charge in [-0.2, -0.15) is 0 Å². The van der Waals surface area contributed by atoms with Crippen LogP contribution in [0.5, 0.6) is 0 Å². The van der Waals surface area contributed by atoms with Crippen molar-refractivity contribution in [1.29, 1.82) is 0 Å². The highest BCUT2D eigenvalue weighted by molar-refractivity contribution is 6.34. The number of benzene rings is 2. The molecule has 1 amide bonds. The second-order valence-electron chi connectivity index (χ2n) is 8.26. The lowest BCUT2D eigenvalue weighted by atomic mass is 10.0. The Morgan fingerprint density at radius 2 is 1.47 bits per heavy atom. The largest absolute Gasteiger partial charge is 0.361 e. The van der Waals surface area contributed by atoms with Crippen LogP contribution in [0.2, 0.25) is 0 Å². The highest BCUT2D eigenvalue weighted by atomic mass is 19.1. The van der Waals surface area contributed by atoms with Gasteiger partial charge in [0.15, 0.2) is 0 Å². The number of hydrogen-bond acceptors (Lipinski definition) is 6. The van der Waals surface area contributed by atoms with Crippen LogP contribution in [-0.4, -0.2) is 50.6 Å². The molecule has 8 nitrogen and oxygen atoms in total. The maximum atomic E-state index is 12.3. The first kappa shape index (κ1) is 43.5. The molecule has 43 heavy (non-hydrogen) atoms. The molecule has 0 unspecified atom stereocenters. The van der Waals surface area contributed by atoms with Crippen LogP contribution in [0.25, 0.3) is 11.6 Å². The Hall–Kier alpha value is -3.92. The number of para-hydroxylation sites is 1. The number of hydrogen-bond donors (Lipinski definition) is 5. The summed E-state index contributed by atoms with van der Waals surface area (Å²) in [6.07, 6.45) is 4.52. The van der Waals surface area contributed by atoms with Gasteiger partial charge in [-0.15, -0.1) is 0 Å². The van der Waals surface area contributed by atoms with Gasteiger partial charge < -0.3 is 36.3 Å². The zero-order chi connectivity index (χ0) is 33.6. The lowest BCUT2D eigenvalue weighted by Gasteiger charge is -1.99. The first-order valence-electron chi connectivity index (χ1n) is 14.5. The van der Waals surface area contributed by atoms with Crippen molar-refractivity contribution in [1.82, 2.24) is 15.6 Å². The Kier molecular flexibility index (Phi) is 29.9. The summed E-state index contributed by atoms with van der Waals surface area (Å²) in [5.41, 5.74) is 11.9. The molecule has 0 spiro atoms. The molecule has 1 aliphatic heterocycles. The fourth-order valence-corrected chi connectivity index (χ4v) is 3.14. The van der Waals surface area contributed by atoms with Gasteiger partial charge in [0, 0.05) is 29.7 Å². The van der Waals surface area contributed by atoms with Gasteiger partial charge in [-0.1, -0.05) is 71.0 Å². The molecule has 0 saturated heterocycles. The predicted octanol–water partition coefficient (Wildman–Crippen LogP) is 6.30. The van der Waals surface area contributed by atoms with E-state index in [1.807, 2.05) is 77.2 Å². The lowest BCUT2D eigenvalue weighted by Crippen LogP contribution is -2.09. The number of aromatic nitrogens is 1. The molecule has 9 heteroatoms. The summed E-state index contributed by atoms with van der Waals surface area (Å²) in [6, 6.07) is 14.4. The van der Waals surface area contributed by atoms with Gasteiger partial charge >= 0.3 is 0 Å². The van der Waals surface area contributed by atoms with Gasteiger partial charge in [-0.3, -0.25) is 4.79 Å². The zero-order valence-corrected chi connectivity index (χ0v) is 27.6. The van der Waals surface area contributed by atoms with Crippen molar-refractivity contribution >= 4 is 36.3 Å². The minimum atomic E-state index is -0.132. The van der Waals surface area contributed by atoms with E-state index in [1.54, 1.807) is 19.1 Å². The molecule has 0 radical (unpaired) electrons. The molecule has 0 fully saturated rings. The molecule has 4 rings (SSSR count). The molecule has 2 heterocycles. The van der Waals surface area contributed by atoms with Crippen LogP contribution in [0.15, 0.2) is 54.7 Å². The standard InChI is InChI=1S/C15H15N3O.C7H7F.C4H11N.C3H9N.C2H4O.C2H6.CH2O/c1-9-10(7-16)8-17-14(9)6-12-11-4-2-3-5-13(11)18-15(12)19;1-6-4-2-3-5-7(6)8;1-3-5-4-2;1-3-4-2;1-2-3;2*1-2/h2-6,8,17H,7,16H2,1H3,(H,18,19);2-5H,1H3;5H,3-4H2,1-2H3;4H,3H2,1-2H3;2H,1H3;1-2H3;1H2/b12-6-;;;;;;. The maximum absolute atomic E-state index is 12.3. The first-order valence-corrected chi connectivity index (χ1v) is 14.5. The molecule has 0 saturated carbocycles. The Morgan fingerprint density at radius 3 is 1.86 bits per heavy atom. The fraction of sp³-hybridized carbons (Fsp3) is 0.382. The molecular weight excluding hydrogens is 545 g/mol. The Bertz CT molecular complexity index is 1140. The number of aldehydes is 1. The second kappa shape index (κ2) is 29.6. The Morgan fingerprint density at radius 1 is 0.953 bits per heavy atom. The number of amides is 1. The molecule has 0 aliphatic carbocycles. The molecule has 0 bridgehead atoms. The highest BCUT2D eigenvalue weighted by Gasteiger charge is 2.23. The molecule has 1 aliphatic rings. The number of H-pyrrole nitrogens is 1. The quantitative estimate of drug-likeness (QED) is 0.173. The lowest BCUT2D eigenvalue weighted by molar-refractivity contribution is -0.110. The smallest absolute Gasteiger partial charge is 0.256 e. The third-order valence-electron chi connectivity index (χ3n) is 5.44. The van der Waals surface area contributed by atoms with Crippen molar-refractivity contribution in [3.63, 3.8) is 0 Å². The molecule has 240 valence electrons. The third kappa shape index (κ3) is 18.3. The number of carbonyl (C=O) groups is 3. The second-order valence-corrected chi connectivity index (χ2v) is 8.26. The van der Waals surface area contributed by atoms with E-state index >= 15 is 0 Å². The molecule has 2 aromatic carbocycles. The van der Waals surface area contributed by atoms with E-state index in [0.717, 1.165) is 54.0 Å². The Labute approximate surface area is 258 Å². The van der Waals surface area contributed by atoms with Gasteiger partial charge in [-0.25, -0.2) is 4.39 Å². The number of anilines is 1. The number of aryl methyl sites for hydroxylation is 1. The third-order valence-corrected chi connectivity index (χ3v) is 5.44. The SMILES string of the molecule is C=O.CC.CC=O.CCNC.CCNCC.Cc1c(CN)c[nH]c1/C=C1\C(=O)Nc2ccccc21.Cc1ccccc1F. The minimum absolute atomic E-state index is 0.0653. The van der Waals surface area contributed by atoms with Gasteiger partial charge in [0.2, 0.25) is 0 Å². The summed E-state index contributed by atoms with van der Waals surface area (Å²) >= 11 is 0. The number of nitrogens with one attached hydrogen (secondary N) is 4. The topological polar surface area (TPSA) is 129 Å². The van der Waals surface area contributed by atoms with Crippen molar-refractivity contribution in [3.8, 4) is 0 Å². The minimum Gasteiger partial charge on any atom is -0.361 e. The molecule has 1 aromatic heterocycles. The van der Waals surface area contributed by atoms with E-state index in [2.05, 4.69) is 41.7 Å². The molecule has 0 atom stereocenters. The summed E-state index contributed by atoms with van der Waals surface area (Å²) in [6.45, 7) is 21.2. The normalized spacial score (nSPS) is 10.9. The van der Waals surface area contributed by atoms with E-state index in [4.69, 9.17) is 15.3 Å². The summed E-state index contributed by atoms with van der Waals surface area (Å²) < 4.78 is 12.3. The van der Waals surface area contributed by atoms with Crippen molar-refractivity contribution in [2.45, 2.75) is 61.9 Å². The predicted molar refractivity (Wildman–Crippen MR) is 182 cm³/mol. The molecule has 6 N–H and O–H groups in total. The average molecular weight is 600 g/mol. The summed E-state index contributed by atoms with van der Waals surface area (Å²) in [4.78, 5) is 32.0. The van der Waals surface area contributed by atoms with Crippen LogP contribution < -0.4 is 21.7 Å². The number of nitrogens with two attached hydrogens (primary N) is 1. The van der Waals surface area contributed by atoms with Crippen LogP contribution in [0.3, 0.4) is 0 Å². The van der Waals surface area contributed by atoms with Crippen molar-refractivity contribution in [2.75, 3.05) is 32.0 Å². The Balaban J connectivity index is -0.000000554. The van der Waals surface area contributed by atoms with Crippen LogP contribution in [0.4, 0.5) is 10.1 Å². The van der Waals surface area contributed by atoms with E-state index in [9.17, 15) is 9.18 Å². The highest BCUT2D eigenvalue weighted by Crippen LogP contribution is 2.33. The van der Waals surface area contributed by atoms with Gasteiger partial charge in [-0.05, 0) is 82.4 Å². The molecule has 3 aromatic rings. The first-order chi connectivity index (χ1) is 20.7. The average Bonchev–Trinajstić information content (AvgIpc) is 3.56. The number of halogens is 1. The summed E-state index contributed by atoms with van der Waals surface area (Å²) in [5, 5.41) is 8.90. The zero-order valence-electron chi connectivity index (χ0n) is 27.6. The van der Waals surface area contributed by atoms with E-state index in [1.165, 1.54) is 13.0 Å². The van der Waals surface area contributed by atoms with Crippen molar-refractivity contribution in [3.05, 3.63) is 88.5 Å². The number of rotatable bonds is 5. The monoisotopic (exact) mass is 599 g/mol. The van der Waals surface area contributed by atoms with Crippen molar-refractivity contribution in [2.24, 2.45) is 5.73 Å². The summed E-state index contributed by atoms with van der Waals surface area (Å²) in [7, 11) is 1.93. The number of carbonyl (C=O) groups excluding carboxylic acids is 3. The van der Waals surface area contributed by atoms with E-state index < -0.39 is 0 Å². The summed E-state index contributed by atoms with van der Waals surface area (Å²) in [5.74, 6) is -0.197. The van der Waals surface area contributed by atoms with Crippen LogP contribution in [0, 0.1) is 19.7 Å². The van der Waals surface area contributed by atoms with Crippen molar-refractivity contribution < 1.29 is 18.8 Å². The molecular formula is C34H54FN5O3. The van der Waals surface area contributed by atoms with Crippen LogP contribution >= 0.6 is 0 Å². The maximum Gasteiger partial charge on any atom is 0.256 e. The number of aromatic amines is 1. The van der Waals surface area contributed by atoms with Crippen LogP contribution in [0.1, 0.15) is 69.5 Å². The van der Waals surface area contributed by atoms with E-state index in [-0.39, 0.29) is 11.7 Å². The fourth-order valence-electron chi connectivity index (χ4n) is 3.14.